The molecule has 0 aliphatic heterocycles. The summed E-state index contributed by atoms with van der Waals surface area (Å²) in [6.07, 6.45) is 2.52. The second-order valence-corrected chi connectivity index (χ2v) is 4.12. The lowest BCUT2D eigenvalue weighted by Gasteiger charge is -2.23. The molecule has 0 saturated carbocycles. The normalized spacial score (nSPS) is 11.0. The standard InChI is InChI=1S/C9H23N2.HI/c1-5-7-10-8-6-9-11(2,3)4;/h10H,5-9H2,1-4H3;1H/q+1;/p-1. The van der Waals surface area contributed by atoms with Crippen molar-refractivity contribution in [1.82, 2.24) is 5.32 Å². The van der Waals surface area contributed by atoms with Crippen LogP contribution >= 0.6 is 0 Å². The zero-order valence-electron chi connectivity index (χ0n) is 8.86. The van der Waals surface area contributed by atoms with Crippen LogP contribution in [-0.2, 0) is 0 Å². The molecule has 0 aromatic carbocycles. The van der Waals surface area contributed by atoms with E-state index in [0.29, 0.717) is 0 Å². The van der Waals surface area contributed by atoms with Crippen molar-refractivity contribution < 1.29 is 28.5 Å². The van der Waals surface area contributed by atoms with Crippen molar-refractivity contribution in [2.24, 2.45) is 0 Å². The Bertz CT molecular complexity index is 89.0. The minimum Gasteiger partial charge on any atom is -1.00 e. The molecule has 0 radical (unpaired) electrons. The highest BCUT2D eigenvalue weighted by Crippen LogP contribution is 1.91. The van der Waals surface area contributed by atoms with Crippen LogP contribution in [0.25, 0.3) is 0 Å². The Labute approximate surface area is 94.3 Å². The molecule has 2 nitrogen and oxygen atoms in total. The van der Waals surface area contributed by atoms with Crippen molar-refractivity contribution in [3.63, 3.8) is 0 Å². The van der Waals surface area contributed by atoms with Gasteiger partial charge >= 0.3 is 0 Å². The van der Waals surface area contributed by atoms with Gasteiger partial charge in [-0.05, 0) is 13.0 Å². The largest absolute Gasteiger partial charge is 1.00 e. The maximum absolute atomic E-state index is 3.40. The number of nitrogens with zero attached hydrogens (tertiary/aromatic N) is 1. The Kier molecular flexibility index (Phi) is 10.4. The molecular formula is C9H23IN2. The summed E-state index contributed by atoms with van der Waals surface area (Å²) in [6, 6.07) is 0. The summed E-state index contributed by atoms with van der Waals surface area (Å²) >= 11 is 0. The molecule has 0 aromatic rings. The summed E-state index contributed by atoms with van der Waals surface area (Å²) < 4.78 is 1.08. The van der Waals surface area contributed by atoms with Gasteiger partial charge in [0.1, 0.15) is 0 Å². The molecule has 0 atom stereocenters. The predicted molar refractivity (Wildman–Crippen MR) is 50.7 cm³/mol. The molecule has 3 heteroatoms. The first-order chi connectivity index (χ1) is 5.06. The van der Waals surface area contributed by atoms with Crippen LogP contribution in [0.2, 0.25) is 0 Å². The van der Waals surface area contributed by atoms with Crippen LogP contribution in [0.15, 0.2) is 0 Å². The van der Waals surface area contributed by atoms with E-state index in [0.717, 1.165) is 11.0 Å². The smallest absolute Gasteiger partial charge is 0.0792 e. The fourth-order valence-electron chi connectivity index (χ4n) is 0.980. The highest BCUT2D eigenvalue weighted by molar-refractivity contribution is 4.44. The minimum absolute atomic E-state index is 0. The molecule has 0 aliphatic carbocycles. The number of rotatable bonds is 6. The molecule has 1 N–H and O–H groups in total. The maximum atomic E-state index is 3.40. The molecule has 0 spiro atoms. The Morgan fingerprint density at radius 2 is 1.67 bits per heavy atom. The van der Waals surface area contributed by atoms with Gasteiger partial charge in [-0.15, -0.1) is 0 Å². The lowest BCUT2D eigenvalue weighted by atomic mass is 10.3. The monoisotopic (exact) mass is 286 g/mol. The van der Waals surface area contributed by atoms with Crippen molar-refractivity contribution in [3.8, 4) is 0 Å². The van der Waals surface area contributed by atoms with E-state index in [1.165, 1.54) is 25.9 Å². The van der Waals surface area contributed by atoms with E-state index in [1.807, 2.05) is 0 Å². The van der Waals surface area contributed by atoms with Crippen LogP contribution < -0.4 is 29.3 Å². The van der Waals surface area contributed by atoms with Crippen LogP contribution in [0, 0.1) is 0 Å². The molecule has 0 rings (SSSR count). The predicted octanol–water partition coefficient (Wildman–Crippen LogP) is -1.91. The van der Waals surface area contributed by atoms with Gasteiger partial charge in [0, 0.05) is 13.0 Å². The average Bonchev–Trinajstić information content (AvgIpc) is 1.85. The summed E-state index contributed by atoms with van der Waals surface area (Å²) in [4.78, 5) is 0. The summed E-state index contributed by atoms with van der Waals surface area (Å²) in [6.45, 7) is 5.80. The second-order valence-electron chi connectivity index (χ2n) is 4.12. The summed E-state index contributed by atoms with van der Waals surface area (Å²) in [5.41, 5.74) is 0. The third-order valence-corrected chi connectivity index (χ3v) is 1.61. The van der Waals surface area contributed by atoms with Gasteiger partial charge in [0.25, 0.3) is 0 Å². The van der Waals surface area contributed by atoms with Gasteiger partial charge in [-0.2, -0.15) is 0 Å². The van der Waals surface area contributed by atoms with Crippen molar-refractivity contribution in [1.29, 1.82) is 0 Å². The minimum atomic E-state index is 0. The summed E-state index contributed by atoms with van der Waals surface area (Å²) in [5, 5.41) is 3.40. The van der Waals surface area contributed by atoms with Crippen LogP contribution in [0.3, 0.4) is 0 Å². The van der Waals surface area contributed by atoms with Crippen molar-refractivity contribution >= 4 is 0 Å². The molecule has 0 aliphatic rings. The lowest BCUT2D eigenvalue weighted by Crippen LogP contribution is -3.00. The van der Waals surface area contributed by atoms with Gasteiger partial charge in [-0.25, -0.2) is 0 Å². The van der Waals surface area contributed by atoms with E-state index in [-0.39, 0.29) is 24.0 Å². The van der Waals surface area contributed by atoms with E-state index in [2.05, 4.69) is 33.4 Å². The number of nitrogens with one attached hydrogen (secondary N) is 1. The van der Waals surface area contributed by atoms with Crippen molar-refractivity contribution in [3.05, 3.63) is 0 Å². The molecule has 0 amide bonds. The first-order valence-electron chi connectivity index (χ1n) is 4.57. The van der Waals surface area contributed by atoms with E-state index in [1.54, 1.807) is 0 Å². The zero-order valence-corrected chi connectivity index (χ0v) is 11.0. The average molecular weight is 286 g/mol. The third-order valence-electron chi connectivity index (χ3n) is 1.61. The molecule has 12 heavy (non-hydrogen) atoms. The van der Waals surface area contributed by atoms with Crippen LogP contribution in [0.1, 0.15) is 19.8 Å². The molecule has 0 aromatic heterocycles. The van der Waals surface area contributed by atoms with E-state index < -0.39 is 0 Å². The van der Waals surface area contributed by atoms with Gasteiger partial charge in [0.15, 0.2) is 0 Å². The van der Waals surface area contributed by atoms with Gasteiger partial charge in [-0.1, -0.05) is 6.92 Å². The molecule has 76 valence electrons. The zero-order chi connectivity index (χ0) is 8.74. The highest BCUT2D eigenvalue weighted by Gasteiger charge is 2.04. The Balaban J connectivity index is 0. The first kappa shape index (κ1) is 15.1. The highest BCUT2D eigenvalue weighted by atomic mass is 127. The lowest BCUT2D eigenvalue weighted by molar-refractivity contribution is -0.870. The Morgan fingerprint density at radius 3 is 2.08 bits per heavy atom. The first-order valence-corrected chi connectivity index (χ1v) is 4.57. The summed E-state index contributed by atoms with van der Waals surface area (Å²) in [5.74, 6) is 0. The Hall–Kier alpha value is 0.650. The topological polar surface area (TPSA) is 12.0 Å². The molecule has 0 bridgehead atoms. The number of quaternary nitrogens is 1. The number of hydrogen-bond donors (Lipinski definition) is 1. The van der Waals surface area contributed by atoms with Crippen LogP contribution in [0.4, 0.5) is 0 Å². The second kappa shape index (κ2) is 8.26. The summed E-state index contributed by atoms with van der Waals surface area (Å²) in [7, 11) is 6.71. The van der Waals surface area contributed by atoms with Gasteiger partial charge in [0.05, 0.1) is 27.7 Å². The van der Waals surface area contributed by atoms with Gasteiger partial charge < -0.3 is 33.8 Å². The van der Waals surface area contributed by atoms with E-state index in [9.17, 15) is 0 Å². The molecule has 0 fully saturated rings. The van der Waals surface area contributed by atoms with Crippen molar-refractivity contribution in [2.45, 2.75) is 19.8 Å². The maximum Gasteiger partial charge on any atom is 0.0792 e. The SMILES string of the molecule is CCCNCCC[N+](C)(C)C.[I-]. The molecule has 0 saturated heterocycles. The van der Waals surface area contributed by atoms with Crippen LogP contribution in [-0.4, -0.2) is 45.3 Å². The Morgan fingerprint density at radius 1 is 1.08 bits per heavy atom. The third kappa shape index (κ3) is 13.3. The van der Waals surface area contributed by atoms with E-state index >= 15 is 0 Å². The fraction of sp³-hybridized carbons (Fsp3) is 1.00. The van der Waals surface area contributed by atoms with Gasteiger partial charge in [-0.3, -0.25) is 0 Å². The van der Waals surface area contributed by atoms with Crippen LogP contribution in [0.5, 0.6) is 0 Å². The number of halogens is 1. The van der Waals surface area contributed by atoms with E-state index in [4.69, 9.17) is 0 Å². The quantitative estimate of drug-likeness (QED) is 0.341. The molecule has 0 unspecified atom stereocenters. The molecular weight excluding hydrogens is 263 g/mol. The molecule has 0 heterocycles. The van der Waals surface area contributed by atoms with Gasteiger partial charge in [0.2, 0.25) is 0 Å². The fourth-order valence-corrected chi connectivity index (χ4v) is 0.980. The van der Waals surface area contributed by atoms with Crippen molar-refractivity contribution in [2.75, 3.05) is 40.8 Å². The number of hydrogen-bond acceptors (Lipinski definition) is 1.